The summed E-state index contributed by atoms with van der Waals surface area (Å²) in [5.41, 5.74) is 0.978. The highest BCUT2D eigenvalue weighted by Crippen LogP contribution is 2.24. The second kappa shape index (κ2) is 3.78. The first-order valence-electron chi connectivity index (χ1n) is 4.44. The van der Waals surface area contributed by atoms with E-state index in [1.165, 1.54) is 0 Å². The monoisotopic (exact) mass is 241 g/mol. The number of aliphatic hydroxyl groups excluding tert-OH is 1. The number of benzene rings is 1. The van der Waals surface area contributed by atoms with E-state index in [-0.39, 0.29) is 12.1 Å². The summed E-state index contributed by atoms with van der Waals surface area (Å²) in [7, 11) is 0. The molecule has 0 amide bonds. The Morgan fingerprint density at radius 2 is 2.31 bits per heavy atom. The Morgan fingerprint density at radius 1 is 1.54 bits per heavy atom. The van der Waals surface area contributed by atoms with E-state index >= 15 is 0 Å². The summed E-state index contributed by atoms with van der Waals surface area (Å²) in [5.74, 6) is 0. The quantitative estimate of drug-likeness (QED) is 0.829. The van der Waals surface area contributed by atoms with E-state index < -0.39 is 0 Å². The van der Waals surface area contributed by atoms with Crippen LogP contribution in [-0.4, -0.2) is 17.7 Å². The van der Waals surface area contributed by atoms with Gasteiger partial charge in [0.1, 0.15) is 0 Å². The van der Waals surface area contributed by atoms with E-state index in [1.54, 1.807) is 0 Å². The summed E-state index contributed by atoms with van der Waals surface area (Å²) in [6.45, 7) is 1.02. The zero-order valence-electron chi connectivity index (χ0n) is 7.20. The van der Waals surface area contributed by atoms with Crippen molar-refractivity contribution in [3.05, 3.63) is 34.3 Å². The molecule has 1 aromatic carbocycles. The van der Waals surface area contributed by atoms with E-state index in [9.17, 15) is 5.11 Å². The van der Waals surface area contributed by atoms with Crippen LogP contribution in [-0.2, 0) is 0 Å². The van der Waals surface area contributed by atoms with Gasteiger partial charge in [-0.2, -0.15) is 0 Å². The van der Waals surface area contributed by atoms with E-state index in [2.05, 4.69) is 21.2 Å². The Morgan fingerprint density at radius 3 is 2.85 bits per heavy atom. The third kappa shape index (κ3) is 1.93. The van der Waals surface area contributed by atoms with E-state index in [0.29, 0.717) is 0 Å². The molecule has 1 aromatic rings. The molecule has 0 aliphatic carbocycles. The second-order valence-electron chi connectivity index (χ2n) is 3.35. The molecule has 1 aliphatic rings. The van der Waals surface area contributed by atoms with Crippen molar-refractivity contribution in [2.45, 2.75) is 18.6 Å². The summed E-state index contributed by atoms with van der Waals surface area (Å²) >= 11 is 3.39. The highest BCUT2D eigenvalue weighted by atomic mass is 79.9. The smallest absolute Gasteiger partial charge is 0.0943 e. The van der Waals surface area contributed by atoms with Gasteiger partial charge < -0.3 is 10.4 Å². The molecule has 0 aromatic heterocycles. The van der Waals surface area contributed by atoms with Gasteiger partial charge in [-0.25, -0.2) is 0 Å². The maximum Gasteiger partial charge on any atom is 0.0943 e. The third-order valence-corrected chi connectivity index (χ3v) is 2.93. The fourth-order valence-corrected chi connectivity index (χ4v) is 1.92. The number of nitrogens with one attached hydrogen (secondary N) is 1. The summed E-state index contributed by atoms with van der Waals surface area (Å²) < 4.78 is 1.02. The zero-order valence-corrected chi connectivity index (χ0v) is 8.79. The fraction of sp³-hybridized carbons (Fsp3) is 0.400. The molecule has 2 N–H and O–H groups in total. The van der Waals surface area contributed by atoms with Gasteiger partial charge in [0, 0.05) is 10.5 Å². The lowest BCUT2D eigenvalue weighted by molar-refractivity contribution is 0.0956. The predicted octanol–water partition coefficient (Wildman–Crippen LogP) is 1.84. The molecule has 0 spiro atoms. The van der Waals surface area contributed by atoms with Crippen LogP contribution in [0.5, 0.6) is 0 Å². The first kappa shape index (κ1) is 9.19. The first-order chi connectivity index (χ1) is 6.27. The lowest BCUT2D eigenvalue weighted by Gasteiger charge is -2.32. The summed E-state index contributed by atoms with van der Waals surface area (Å²) in [6, 6.07) is 8.07. The van der Waals surface area contributed by atoms with Crippen molar-refractivity contribution in [2.24, 2.45) is 0 Å². The summed E-state index contributed by atoms with van der Waals surface area (Å²) in [6.07, 6.45) is 0.694. The van der Waals surface area contributed by atoms with Crippen molar-refractivity contribution in [3.63, 3.8) is 0 Å². The number of halogens is 1. The Balaban J connectivity index is 2.14. The van der Waals surface area contributed by atoms with Crippen molar-refractivity contribution in [1.82, 2.24) is 5.32 Å². The van der Waals surface area contributed by atoms with Gasteiger partial charge in [-0.1, -0.05) is 28.1 Å². The average molecular weight is 242 g/mol. The van der Waals surface area contributed by atoms with Gasteiger partial charge in [-0.05, 0) is 30.7 Å². The Bertz CT molecular complexity index is 299. The highest BCUT2D eigenvalue weighted by Gasteiger charge is 2.25. The van der Waals surface area contributed by atoms with E-state index in [0.717, 1.165) is 23.0 Å². The van der Waals surface area contributed by atoms with Crippen molar-refractivity contribution in [2.75, 3.05) is 6.54 Å². The van der Waals surface area contributed by atoms with Crippen LogP contribution in [0.4, 0.5) is 0 Å². The van der Waals surface area contributed by atoms with Crippen LogP contribution in [0.2, 0.25) is 0 Å². The molecule has 70 valence electrons. The first-order valence-corrected chi connectivity index (χ1v) is 5.23. The molecule has 2 unspecified atom stereocenters. The van der Waals surface area contributed by atoms with Crippen LogP contribution in [0.25, 0.3) is 0 Å². The third-order valence-electron chi connectivity index (χ3n) is 2.43. The molecule has 0 bridgehead atoms. The minimum Gasteiger partial charge on any atom is -0.387 e. The molecule has 1 fully saturated rings. The molecule has 1 heterocycles. The number of hydrogen-bond acceptors (Lipinski definition) is 2. The van der Waals surface area contributed by atoms with Crippen LogP contribution in [0.3, 0.4) is 0 Å². The molecule has 0 saturated carbocycles. The van der Waals surface area contributed by atoms with Gasteiger partial charge in [0.25, 0.3) is 0 Å². The minimum atomic E-state index is -0.369. The average Bonchev–Trinajstić information content (AvgIpc) is 2.01. The standard InChI is InChI=1S/C10H12BrNO/c11-8-3-1-2-7(6-8)10(13)9-4-5-12-9/h1-3,6,9-10,12-13H,4-5H2. The van der Waals surface area contributed by atoms with Crippen molar-refractivity contribution >= 4 is 15.9 Å². The molecule has 0 radical (unpaired) electrons. The molecular weight excluding hydrogens is 230 g/mol. The van der Waals surface area contributed by atoms with Crippen LogP contribution in [0, 0.1) is 0 Å². The maximum atomic E-state index is 9.88. The summed E-state index contributed by atoms with van der Waals surface area (Å²) in [5, 5.41) is 13.1. The molecule has 1 aliphatic heterocycles. The molecule has 13 heavy (non-hydrogen) atoms. The van der Waals surface area contributed by atoms with E-state index in [4.69, 9.17) is 0 Å². The molecule has 1 saturated heterocycles. The normalized spacial score (nSPS) is 23.7. The number of aliphatic hydroxyl groups is 1. The lowest BCUT2D eigenvalue weighted by Crippen LogP contribution is -2.46. The molecule has 3 heteroatoms. The fourth-order valence-electron chi connectivity index (χ4n) is 1.50. The number of rotatable bonds is 2. The Hall–Kier alpha value is -0.380. The van der Waals surface area contributed by atoms with Crippen molar-refractivity contribution in [1.29, 1.82) is 0 Å². The summed E-state index contributed by atoms with van der Waals surface area (Å²) in [4.78, 5) is 0. The Labute approximate surface area is 86.1 Å². The van der Waals surface area contributed by atoms with Crippen LogP contribution < -0.4 is 5.32 Å². The van der Waals surface area contributed by atoms with Crippen LogP contribution in [0.1, 0.15) is 18.1 Å². The molecule has 2 nitrogen and oxygen atoms in total. The Kier molecular flexibility index (Phi) is 2.67. The predicted molar refractivity (Wildman–Crippen MR) is 55.5 cm³/mol. The molecular formula is C10H12BrNO. The largest absolute Gasteiger partial charge is 0.387 e. The van der Waals surface area contributed by atoms with Gasteiger partial charge in [-0.3, -0.25) is 0 Å². The maximum absolute atomic E-state index is 9.88. The van der Waals surface area contributed by atoms with Gasteiger partial charge in [0.2, 0.25) is 0 Å². The second-order valence-corrected chi connectivity index (χ2v) is 4.26. The van der Waals surface area contributed by atoms with Crippen molar-refractivity contribution in [3.8, 4) is 0 Å². The minimum absolute atomic E-state index is 0.245. The number of hydrogen-bond donors (Lipinski definition) is 2. The van der Waals surface area contributed by atoms with Gasteiger partial charge in [0.15, 0.2) is 0 Å². The van der Waals surface area contributed by atoms with Gasteiger partial charge in [-0.15, -0.1) is 0 Å². The lowest BCUT2D eigenvalue weighted by atomic mass is 9.95. The van der Waals surface area contributed by atoms with E-state index in [1.807, 2.05) is 24.3 Å². The van der Waals surface area contributed by atoms with Crippen LogP contribution in [0.15, 0.2) is 28.7 Å². The highest BCUT2D eigenvalue weighted by molar-refractivity contribution is 9.10. The van der Waals surface area contributed by atoms with Crippen molar-refractivity contribution < 1.29 is 5.11 Å². The zero-order chi connectivity index (χ0) is 9.26. The van der Waals surface area contributed by atoms with Crippen LogP contribution >= 0.6 is 15.9 Å². The molecule has 2 atom stereocenters. The van der Waals surface area contributed by atoms with Gasteiger partial charge in [0.05, 0.1) is 6.10 Å². The van der Waals surface area contributed by atoms with Gasteiger partial charge >= 0.3 is 0 Å². The topological polar surface area (TPSA) is 32.3 Å². The SMILES string of the molecule is OC(c1cccc(Br)c1)C1CCN1. The molecule has 2 rings (SSSR count).